The maximum atomic E-state index is 9.28. The fourth-order valence-electron chi connectivity index (χ4n) is 2.12. The Morgan fingerprint density at radius 1 is 1.53 bits per heavy atom. The monoisotopic (exact) mass is 236 g/mol. The van der Waals surface area contributed by atoms with Crippen molar-refractivity contribution in [2.45, 2.75) is 32.9 Å². The number of aryl methyl sites for hydroxylation is 1. The molecule has 4 nitrogen and oxygen atoms in total. The van der Waals surface area contributed by atoms with E-state index in [0.717, 1.165) is 43.3 Å². The van der Waals surface area contributed by atoms with Crippen LogP contribution in [0.25, 0.3) is 0 Å². The van der Waals surface area contributed by atoms with Gasteiger partial charge in [0.2, 0.25) is 0 Å². The van der Waals surface area contributed by atoms with Crippen LogP contribution in [-0.4, -0.2) is 35.9 Å². The van der Waals surface area contributed by atoms with Crippen LogP contribution in [0.1, 0.15) is 25.1 Å². The van der Waals surface area contributed by atoms with Crippen molar-refractivity contribution in [2.75, 3.05) is 24.7 Å². The Bertz CT molecular complexity index is 359. The molecule has 2 rings (SSSR count). The van der Waals surface area contributed by atoms with Gasteiger partial charge >= 0.3 is 0 Å². The topological polar surface area (TPSA) is 45.6 Å². The maximum Gasteiger partial charge on any atom is 0.129 e. The molecular formula is C13H20N2O2. The summed E-state index contributed by atoms with van der Waals surface area (Å²) in [6.07, 6.45) is 0.888. The van der Waals surface area contributed by atoms with Crippen LogP contribution in [-0.2, 0) is 17.8 Å². The lowest BCUT2D eigenvalue weighted by atomic mass is 10.1. The summed E-state index contributed by atoms with van der Waals surface area (Å²) in [5.74, 6) is 0.962. The molecule has 1 atom stereocenters. The van der Waals surface area contributed by atoms with Gasteiger partial charge in [0, 0.05) is 12.2 Å². The van der Waals surface area contributed by atoms with Crippen LogP contribution in [0.2, 0.25) is 0 Å². The molecule has 17 heavy (non-hydrogen) atoms. The highest BCUT2D eigenvalue weighted by molar-refractivity contribution is 5.44. The van der Waals surface area contributed by atoms with Crippen molar-refractivity contribution in [1.82, 2.24) is 4.98 Å². The number of ether oxygens (including phenoxy) is 1. The van der Waals surface area contributed by atoms with E-state index >= 15 is 0 Å². The molecule has 1 aromatic rings. The number of pyridine rings is 1. The minimum absolute atomic E-state index is 0.0707. The third-order valence-electron chi connectivity index (χ3n) is 3.13. The van der Waals surface area contributed by atoms with E-state index in [-0.39, 0.29) is 6.61 Å². The van der Waals surface area contributed by atoms with Crippen molar-refractivity contribution in [3.63, 3.8) is 0 Å². The van der Waals surface area contributed by atoms with Crippen molar-refractivity contribution >= 4 is 5.82 Å². The summed E-state index contributed by atoms with van der Waals surface area (Å²) in [6, 6.07) is 4.28. The van der Waals surface area contributed by atoms with Gasteiger partial charge in [-0.2, -0.15) is 0 Å². The van der Waals surface area contributed by atoms with Crippen molar-refractivity contribution < 1.29 is 9.84 Å². The van der Waals surface area contributed by atoms with Crippen LogP contribution < -0.4 is 4.90 Å². The average Bonchev–Trinajstić information content (AvgIpc) is 2.38. The molecule has 1 unspecified atom stereocenters. The minimum Gasteiger partial charge on any atom is -0.392 e. The molecule has 0 saturated carbocycles. The summed E-state index contributed by atoms with van der Waals surface area (Å²) < 4.78 is 5.43. The molecule has 1 aromatic heterocycles. The molecule has 4 heteroatoms. The number of hydrogen-bond donors (Lipinski definition) is 1. The van der Waals surface area contributed by atoms with Gasteiger partial charge in [-0.15, -0.1) is 0 Å². The molecule has 1 N–H and O–H groups in total. The van der Waals surface area contributed by atoms with Gasteiger partial charge in [-0.3, -0.25) is 0 Å². The van der Waals surface area contributed by atoms with Gasteiger partial charge in [-0.05, 0) is 31.0 Å². The molecule has 1 aliphatic heterocycles. The summed E-state index contributed by atoms with van der Waals surface area (Å²) >= 11 is 0. The Morgan fingerprint density at radius 2 is 2.35 bits per heavy atom. The van der Waals surface area contributed by atoms with E-state index in [4.69, 9.17) is 4.74 Å². The summed E-state index contributed by atoms with van der Waals surface area (Å²) in [5, 5.41) is 9.28. The third-order valence-corrected chi connectivity index (χ3v) is 3.13. The molecule has 0 aromatic carbocycles. The Morgan fingerprint density at radius 3 is 3.00 bits per heavy atom. The number of nitrogens with zero attached hydrogens (tertiary/aromatic N) is 2. The fraction of sp³-hybridized carbons (Fsp3) is 0.615. The molecule has 0 radical (unpaired) electrons. The van der Waals surface area contributed by atoms with Crippen molar-refractivity contribution in [3.05, 3.63) is 23.4 Å². The predicted octanol–water partition coefficient (Wildman–Crippen LogP) is 1.36. The Kier molecular flexibility index (Phi) is 3.97. The van der Waals surface area contributed by atoms with Gasteiger partial charge in [-0.1, -0.05) is 6.92 Å². The van der Waals surface area contributed by atoms with Crippen LogP contribution in [0.15, 0.2) is 12.1 Å². The minimum atomic E-state index is 0.0707. The quantitative estimate of drug-likeness (QED) is 0.860. The zero-order valence-electron chi connectivity index (χ0n) is 10.5. The standard InChI is InChI=1S/C13H20N2O2/c1-3-12-6-11(8-16)7-13(14-12)15-4-5-17-9-10(15)2/h6-7,10,16H,3-5,8-9H2,1-2H3. The SMILES string of the molecule is CCc1cc(CO)cc(N2CCOCC2C)n1. The maximum absolute atomic E-state index is 9.28. The van der Waals surface area contributed by atoms with E-state index in [1.54, 1.807) is 0 Å². The predicted molar refractivity (Wildman–Crippen MR) is 67.2 cm³/mol. The Labute approximate surface area is 102 Å². The number of aliphatic hydroxyl groups excluding tert-OH is 1. The third kappa shape index (κ3) is 2.76. The van der Waals surface area contributed by atoms with E-state index in [0.29, 0.717) is 6.04 Å². The highest BCUT2D eigenvalue weighted by Gasteiger charge is 2.20. The van der Waals surface area contributed by atoms with Crippen LogP contribution in [0.3, 0.4) is 0 Å². The molecule has 0 aliphatic carbocycles. The highest BCUT2D eigenvalue weighted by atomic mass is 16.5. The number of rotatable bonds is 3. The van der Waals surface area contributed by atoms with Crippen molar-refractivity contribution in [2.24, 2.45) is 0 Å². The number of anilines is 1. The smallest absolute Gasteiger partial charge is 0.129 e. The second-order valence-electron chi connectivity index (χ2n) is 4.45. The molecule has 1 saturated heterocycles. The van der Waals surface area contributed by atoms with Crippen LogP contribution >= 0.6 is 0 Å². The first-order chi connectivity index (χ1) is 8.24. The van der Waals surface area contributed by atoms with Gasteiger partial charge in [0.05, 0.1) is 25.9 Å². The molecule has 2 heterocycles. The lowest BCUT2D eigenvalue weighted by Gasteiger charge is -2.34. The summed E-state index contributed by atoms with van der Waals surface area (Å²) in [7, 11) is 0. The van der Waals surface area contributed by atoms with Gasteiger partial charge < -0.3 is 14.7 Å². The number of aliphatic hydroxyl groups is 1. The first-order valence-corrected chi connectivity index (χ1v) is 6.19. The van der Waals surface area contributed by atoms with Gasteiger partial charge in [0.1, 0.15) is 5.82 Å². The zero-order valence-corrected chi connectivity index (χ0v) is 10.5. The average molecular weight is 236 g/mol. The van der Waals surface area contributed by atoms with Gasteiger partial charge in [0.15, 0.2) is 0 Å². The summed E-state index contributed by atoms with van der Waals surface area (Å²) in [6.45, 7) is 6.64. The lowest BCUT2D eigenvalue weighted by molar-refractivity contribution is 0.0985. The van der Waals surface area contributed by atoms with Crippen molar-refractivity contribution in [3.8, 4) is 0 Å². The summed E-state index contributed by atoms with van der Waals surface area (Å²) in [4.78, 5) is 6.88. The first-order valence-electron chi connectivity index (χ1n) is 6.19. The largest absolute Gasteiger partial charge is 0.392 e. The van der Waals surface area contributed by atoms with E-state index in [1.165, 1.54) is 0 Å². The molecule has 0 amide bonds. The van der Waals surface area contributed by atoms with Crippen LogP contribution in [0.4, 0.5) is 5.82 Å². The molecular weight excluding hydrogens is 216 g/mol. The molecule has 1 fully saturated rings. The molecule has 94 valence electrons. The second kappa shape index (κ2) is 5.47. The lowest BCUT2D eigenvalue weighted by Crippen LogP contribution is -2.44. The van der Waals surface area contributed by atoms with E-state index < -0.39 is 0 Å². The van der Waals surface area contributed by atoms with E-state index in [2.05, 4.69) is 23.7 Å². The normalized spacial score (nSPS) is 20.6. The molecule has 0 bridgehead atoms. The fourth-order valence-corrected chi connectivity index (χ4v) is 2.12. The highest BCUT2D eigenvalue weighted by Crippen LogP contribution is 2.20. The Hall–Kier alpha value is -1.13. The van der Waals surface area contributed by atoms with Crippen molar-refractivity contribution in [1.29, 1.82) is 0 Å². The van der Waals surface area contributed by atoms with Crippen LogP contribution in [0, 0.1) is 0 Å². The van der Waals surface area contributed by atoms with Gasteiger partial charge in [-0.25, -0.2) is 4.98 Å². The molecule has 0 spiro atoms. The number of hydrogen-bond acceptors (Lipinski definition) is 4. The van der Waals surface area contributed by atoms with Crippen LogP contribution in [0.5, 0.6) is 0 Å². The number of aromatic nitrogens is 1. The molecule has 1 aliphatic rings. The van der Waals surface area contributed by atoms with E-state index in [9.17, 15) is 5.11 Å². The number of morpholine rings is 1. The summed E-state index contributed by atoms with van der Waals surface area (Å²) in [5.41, 5.74) is 1.97. The second-order valence-corrected chi connectivity index (χ2v) is 4.45. The van der Waals surface area contributed by atoms with Gasteiger partial charge in [0.25, 0.3) is 0 Å². The zero-order chi connectivity index (χ0) is 12.3. The first kappa shape index (κ1) is 12.3. The Balaban J connectivity index is 2.29. The van der Waals surface area contributed by atoms with E-state index in [1.807, 2.05) is 12.1 Å².